The predicted molar refractivity (Wildman–Crippen MR) is 172 cm³/mol. The van der Waals surface area contributed by atoms with Crippen LogP contribution in [0, 0.1) is 20.3 Å². The summed E-state index contributed by atoms with van der Waals surface area (Å²) in [6, 6.07) is 12.9. The Balaban J connectivity index is 0.000000510. The maximum absolute atomic E-state index is 12.9. The van der Waals surface area contributed by atoms with Crippen molar-refractivity contribution in [3.63, 3.8) is 0 Å². The zero-order valence-corrected chi connectivity index (χ0v) is 27.4. The number of rotatable bonds is 5. The van der Waals surface area contributed by atoms with Crippen molar-refractivity contribution in [3.8, 4) is 28.3 Å². The number of anilines is 2. The van der Waals surface area contributed by atoms with Crippen LogP contribution in [0.2, 0.25) is 10.0 Å². The van der Waals surface area contributed by atoms with Gasteiger partial charge < -0.3 is 24.9 Å². The van der Waals surface area contributed by atoms with E-state index in [0.29, 0.717) is 72.9 Å². The van der Waals surface area contributed by atoms with Gasteiger partial charge in [0.05, 0.1) is 46.0 Å². The van der Waals surface area contributed by atoms with Crippen LogP contribution in [-0.4, -0.2) is 56.3 Å². The van der Waals surface area contributed by atoms with Crippen LogP contribution in [0.1, 0.15) is 17.8 Å². The van der Waals surface area contributed by atoms with Crippen LogP contribution in [0.4, 0.5) is 11.5 Å². The molecule has 2 aromatic carbocycles. The second kappa shape index (κ2) is 15.1. The summed E-state index contributed by atoms with van der Waals surface area (Å²) in [4.78, 5) is 26.2. The molecule has 4 heterocycles. The number of methoxy groups -OCH3 is 1. The van der Waals surface area contributed by atoms with Crippen LogP contribution in [0.15, 0.2) is 59.7 Å². The van der Waals surface area contributed by atoms with Gasteiger partial charge in [-0.1, -0.05) is 53.5 Å². The average Bonchev–Trinajstić information content (AvgIpc) is 3.01. The fraction of sp³-hybridized carbons (Fsp3) is 0.219. The van der Waals surface area contributed by atoms with Gasteiger partial charge in [0.2, 0.25) is 0 Å². The largest absolute Gasteiger partial charge is 2.00 e. The number of pyridine rings is 1. The Bertz CT molecular complexity index is 1880. The van der Waals surface area contributed by atoms with Crippen LogP contribution >= 0.6 is 23.2 Å². The van der Waals surface area contributed by atoms with E-state index in [2.05, 4.69) is 32.3 Å². The fourth-order valence-electron chi connectivity index (χ4n) is 4.69. The number of aromatic nitrogens is 5. The third kappa shape index (κ3) is 7.58. The van der Waals surface area contributed by atoms with Gasteiger partial charge in [0, 0.05) is 54.2 Å². The van der Waals surface area contributed by atoms with Gasteiger partial charge >= 0.3 is 17.1 Å². The number of fused-ring (bicyclic) bond motifs is 1. The van der Waals surface area contributed by atoms with Crippen LogP contribution < -0.4 is 15.6 Å². The molecule has 1 aliphatic heterocycles. The molecule has 0 amide bonds. The minimum atomic E-state index is -0.311. The van der Waals surface area contributed by atoms with Crippen LogP contribution in [-0.2, 0) is 28.9 Å². The number of nitrogens with one attached hydrogen (secondary N) is 1. The Morgan fingerprint density at radius 3 is 2.49 bits per heavy atom. The van der Waals surface area contributed by atoms with Gasteiger partial charge in [-0.15, -0.1) is 0 Å². The topological polar surface area (TPSA) is 124 Å². The van der Waals surface area contributed by atoms with Crippen molar-refractivity contribution >= 4 is 45.5 Å². The predicted octanol–water partition coefficient (Wildman–Crippen LogP) is 5.97. The Labute approximate surface area is 281 Å². The van der Waals surface area contributed by atoms with Gasteiger partial charge in [0.25, 0.3) is 5.56 Å². The zero-order valence-electron chi connectivity index (χ0n) is 24.7. The molecular formula is C32H30Cl2MnN6O4. The summed E-state index contributed by atoms with van der Waals surface area (Å²) in [6.07, 6.45) is 5.68. The molecule has 0 bridgehead atoms. The van der Waals surface area contributed by atoms with E-state index in [4.69, 9.17) is 37.8 Å². The van der Waals surface area contributed by atoms with E-state index in [1.807, 2.05) is 55.8 Å². The number of aliphatic hydroxyl groups excluding tert-OH is 1. The van der Waals surface area contributed by atoms with E-state index >= 15 is 0 Å². The molecule has 10 nitrogen and oxygen atoms in total. The molecule has 3 aromatic heterocycles. The Kier molecular flexibility index (Phi) is 11.4. The summed E-state index contributed by atoms with van der Waals surface area (Å²) < 4.78 is 11.4. The van der Waals surface area contributed by atoms with E-state index in [-0.39, 0.29) is 28.7 Å². The third-order valence-corrected chi connectivity index (χ3v) is 7.68. The van der Waals surface area contributed by atoms with Crippen molar-refractivity contribution in [2.24, 2.45) is 7.05 Å². The first-order chi connectivity index (χ1) is 21.2. The normalized spacial score (nSPS) is 14.2. The Hall–Kier alpha value is -3.70. The molecule has 45 heavy (non-hydrogen) atoms. The molecule has 6 rings (SSSR count). The quantitative estimate of drug-likeness (QED) is 0.170. The summed E-state index contributed by atoms with van der Waals surface area (Å²) >= 11 is 13.8. The second-order valence-corrected chi connectivity index (χ2v) is 10.7. The van der Waals surface area contributed by atoms with Gasteiger partial charge in [0.1, 0.15) is 5.82 Å². The first kappa shape index (κ1) is 34.2. The van der Waals surface area contributed by atoms with E-state index in [1.165, 1.54) is 11.8 Å². The monoisotopic (exact) mass is 687 g/mol. The van der Waals surface area contributed by atoms with Crippen molar-refractivity contribution in [1.82, 2.24) is 24.7 Å². The number of nitrogens with zero attached hydrogens (tertiary/aromatic N) is 5. The summed E-state index contributed by atoms with van der Waals surface area (Å²) in [5.74, 6) is 0.718. The maximum atomic E-state index is 12.9. The first-order valence-corrected chi connectivity index (χ1v) is 14.4. The first-order valence-electron chi connectivity index (χ1n) is 13.7. The molecule has 0 saturated carbocycles. The Morgan fingerprint density at radius 2 is 1.82 bits per heavy atom. The minimum absolute atomic E-state index is 0. The van der Waals surface area contributed by atoms with Crippen LogP contribution in [0.3, 0.4) is 0 Å². The van der Waals surface area contributed by atoms with Crippen molar-refractivity contribution < 1.29 is 31.6 Å². The van der Waals surface area contributed by atoms with Crippen molar-refractivity contribution in [3.05, 3.63) is 100.0 Å². The smallest absolute Gasteiger partial charge is 0.563 e. The van der Waals surface area contributed by atoms with Gasteiger partial charge in [0.15, 0.2) is 0 Å². The standard InChI is InChI=1S/C27H21Cl2N6O2.C5H9O2.Mn/c1-14-11-16-12-31-35(3)27(36)22(16)25(32-14)33-20-10-6-8-18(24(20)29)17-7-5-9-19(23(17)28)21-13-30-15(2)26(34-21)37-4;6-5-2-1-3-7-4-5;/h5-13H,2H2,1,3-4H3,(H,32,33);2,5-6H,1,3-4H2;/q2*-1;+2/t;5-;/m.1./s1. The summed E-state index contributed by atoms with van der Waals surface area (Å²) in [5.41, 5.74) is 4.08. The molecule has 1 radical (unpaired) electrons. The number of benzene rings is 2. The van der Waals surface area contributed by atoms with Crippen molar-refractivity contribution in [1.29, 1.82) is 0 Å². The fourth-order valence-corrected chi connectivity index (χ4v) is 5.29. The second-order valence-electron chi connectivity index (χ2n) is 9.99. The van der Waals surface area contributed by atoms with Crippen LogP contribution in [0.25, 0.3) is 33.2 Å². The average molecular weight is 688 g/mol. The molecular weight excluding hydrogens is 658 g/mol. The molecule has 1 atom stereocenters. The summed E-state index contributed by atoms with van der Waals surface area (Å²) in [7, 11) is 3.11. The molecule has 0 spiro atoms. The van der Waals surface area contributed by atoms with Crippen LogP contribution in [0.5, 0.6) is 5.88 Å². The number of hydrogen-bond acceptors (Lipinski definition) is 9. The molecule has 2 N–H and O–H groups in total. The van der Waals surface area contributed by atoms with Crippen molar-refractivity contribution in [2.75, 3.05) is 25.6 Å². The minimum Gasteiger partial charge on any atom is -0.563 e. The summed E-state index contributed by atoms with van der Waals surface area (Å²) in [5, 5.41) is 18.1. The van der Waals surface area contributed by atoms with Gasteiger partial charge in [-0.3, -0.25) is 16.2 Å². The van der Waals surface area contributed by atoms with E-state index in [9.17, 15) is 4.79 Å². The summed E-state index contributed by atoms with van der Waals surface area (Å²) in [6.45, 7) is 6.93. The molecule has 1 fully saturated rings. The number of halogens is 2. The molecule has 0 aliphatic carbocycles. The van der Waals surface area contributed by atoms with E-state index < -0.39 is 0 Å². The number of aryl methyl sites for hydroxylation is 2. The third-order valence-electron chi connectivity index (χ3n) is 6.87. The van der Waals surface area contributed by atoms with Gasteiger partial charge in [-0.2, -0.15) is 11.5 Å². The SMILES string of the molecule is O[C@@H]1[CH-]CCOC1.[CH2-]c1ncc(-c2cccc(-c3cccc(Nc4nc(C)cc5cnn(C)c(=O)c45)c3Cl)c2Cl)nc1OC.[Mn+2]. The molecule has 233 valence electrons. The number of aliphatic hydroxyl groups is 1. The molecule has 13 heteroatoms. The van der Waals surface area contributed by atoms with Crippen molar-refractivity contribution in [2.45, 2.75) is 19.4 Å². The van der Waals surface area contributed by atoms with Gasteiger partial charge in [-0.25, -0.2) is 16.6 Å². The Morgan fingerprint density at radius 1 is 1.11 bits per heavy atom. The van der Waals surface area contributed by atoms with E-state index in [0.717, 1.165) is 18.7 Å². The van der Waals surface area contributed by atoms with E-state index in [1.54, 1.807) is 19.4 Å². The molecule has 5 aromatic rings. The number of hydrogen-bond donors (Lipinski definition) is 2. The molecule has 1 saturated heterocycles. The van der Waals surface area contributed by atoms with Gasteiger partial charge in [-0.05, 0) is 30.9 Å². The molecule has 0 unspecified atom stereocenters. The molecule has 1 aliphatic rings. The zero-order chi connectivity index (χ0) is 31.4. The number of ether oxygens (including phenoxy) is 2. The maximum Gasteiger partial charge on any atom is 2.00 e.